The molecule has 0 bridgehead atoms. The smallest absolute Gasteiger partial charge is 0.294 e. The van der Waals surface area contributed by atoms with Crippen LogP contribution in [0.1, 0.15) is 60.6 Å². The molecule has 9 heteroatoms. The summed E-state index contributed by atoms with van der Waals surface area (Å²) in [5.41, 5.74) is -7.50. The van der Waals surface area contributed by atoms with Gasteiger partial charge < -0.3 is 0 Å². The minimum absolute atomic E-state index is 0.00160. The second-order valence-corrected chi connectivity index (χ2v) is 7.49. The molecule has 0 atom stereocenters. The lowest BCUT2D eigenvalue weighted by atomic mass is 9.71. The van der Waals surface area contributed by atoms with E-state index in [1.807, 2.05) is 0 Å². The number of alkyl halides is 6. The molecule has 0 heterocycles. The summed E-state index contributed by atoms with van der Waals surface area (Å²) in [6.45, 7) is 3.57. The van der Waals surface area contributed by atoms with Gasteiger partial charge in [-0.05, 0) is 34.4 Å². The van der Waals surface area contributed by atoms with E-state index in [4.69, 9.17) is 0 Å². The van der Waals surface area contributed by atoms with Gasteiger partial charge in [0.25, 0.3) is 0 Å². The zero-order valence-corrected chi connectivity index (χ0v) is 15.6. The molecule has 2 aliphatic rings. The first-order valence-corrected chi connectivity index (χ1v) is 8.99. The fourth-order valence-electron chi connectivity index (χ4n) is 4.27. The molecule has 0 spiro atoms. The van der Waals surface area contributed by atoms with Crippen molar-refractivity contribution >= 4 is 22.9 Å². The molecule has 0 saturated carbocycles. The largest absolute Gasteiger partial charge is 0.411 e. The number of carbonyl (C=O) groups is 3. The second kappa shape index (κ2) is 6.38. The van der Waals surface area contributed by atoms with Gasteiger partial charge in [-0.2, -0.15) is 26.3 Å². The summed E-state index contributed by atoms with van der Waals surface area (Å²) in [6.07, 6.45) is -12.5. The summed E-state index contributed by atoms with van der Waals surface area (Å²) in [5, 5.41) is 0. The standard InChI is InChI=1S/C22H12F6O3/c1-10-6-17(29)13-4-2-11(7-15(10)13)20(21(23,24)25,22(26,27)28)12-3-5-14-16(8-12)19(31)9-18(14)30/h2-5,7-8H,1,6,9H2. The molecule has 0 amide bonds. The van der Waals surface area contributed by atoms with Crippen molar-refractivity contribution < 1.29 is 40.7 Å². The number of hydrogen-bond acceptors (Lipinski definition) is 3. The molecule has 3 nitrogen and oxygen atoms in total. The maximum atomic E-state index is 14.3. The molecule has 0 radical (unpaired) electrons. The van der Waals surface area contributed by atoms with Gasteiger partial charge in [-0.25, -0.2) is 0 Å². The highest BCUT2D eigenvalue weighted by Crippen LogP contribution is 2.57. The lowest BCUT2D eigenvalue weighted by Gasteiger charge is -2.38. The van der Waals surface area contributed by atoms with Crippen molar-refractivity contribution in [3.63, 3.8) is 0 Å². The van der Waals surface area contributed by atoms with E-state index in [2.05, 4.69) is 6.58 Å². The van der Waals surface area contributed by atoms with Gasteiger partial charge >= 0.3 is 12.4 Å². The Hall–Kier alpha value is -3.23. The third kappa shape index (κ3) is 2.79. The van der Waals surface area contributed by atoms with Crippen molar-refractivity contribution in [2.45, 2.75) is 30.6 Å². The van der Waals surface area contributed by atoms with Crippen LogP contribution in [0.5, 0.6) is 0 Å². The number of allylic oxidation sites excluding steroid dienone is 1. The first-order chi connectivity index (χ1) is 14.3. The monoisotopic (exact) mass is 438 g/mol. The van der Waals surface area contributed by atoms with Crippen molar-refractivity contribution in [3.8, 4) is 0 Å². The number of fused-ring (bicyclic) bond motifs is 2. The van der Waals surface area contributed by atoms with Crippen molar-refractivity contribution in [2.75, 3.05) is 0 Å². The quantitative estimate of drug-likeness (QED) is 0.462. The summed E-state index contributed by atoms with van der Waals surface area (Å²) in [7, 11) is 0. The van der Waals surface area contributed by atoms with E-state index in [-0.39, 0.29) is 28.7 Å². The summed E-state index contributed by atoms with van der Waals surface area (Å²) >= 11 is 0. The molecule has 0 aromatic heterocycles. The Kier molecular flexibility index (Phi) is 4.33. The minimum Gasteiger partial charge on any atom is -0.294 e. The van der Waals surface area contributed by atoms with Gasteiger partial charge in [0, 0.05) is 23.1 Å². The zero-order chi connectivity index (χ0) is 22.9. The van der Waals surface area contributed by atoms with Crippen LogP contribution in [-0.4, -0.2) is 29.7 Å². The molecular formula is C22H12F6O3. The molecule has 2 aromatic rings. The Bertz CT molecular complexity index is 1090. The maximum Gasteiger partial charge on any atom is 0.411 e. The molecule has 31 heavy (non-hydrogen) atoms. The fraction of sp³-hybridized carbons (Fsp3) is 0.227. The predicted molar refractivity (Wildman–Crippen MR) is 97.0 cm³/mol. The average molecular weight is 438 g/mol. The zero-order valence-electron chi connectivity index (χ0n) is 15.6. The number of rotatable bonds is 2. The lowest BCUT2D eigenvalue weighted by Crippen LogP contribution is -2.54. The first-order valence-electron chi connectivity index (χ1n) is 8.99. The van der Waals surface area contributed by atoms with E-state index >= 15 is 0 Å². The Morgan fingerprint density at radius 2 is 1.03 bits per heavy atom. The topological polar surface area (TPSA) is 51.2 Å². The summed E-state index contributed by atoms with van der Waals surface area (Å²) < 4.78 is 86.0. The second-order valence-electron chi connectivity index (χ2n) is 7.49. The van der Waals surface area contributed by atoms with Crippen LogP contribution >= 0.6 is 0 Å². The Labute approximate surface area is 171 Å². The minimum atomic E-state index is -5.86. The van der Waals surface area contributed by atoms with Gasteiger partial charge in [0.2, 0.25) is 5.41 Å². The van der Waals surface area contributed by atoms with Crippen molar-refractivity contribution in [2.24, 2.45) is 0 Å². The van der Waals surface area contributed by atoms with E-state index < -0.39 is 58.2 Å². The fourth-order valence-corrected chi connectivity index (χ4v) is 4.27. The van der Waals surface area contributed by atoms with Crippen LogP contribution in [0, 0.1) is 0 Å². The van der Waals surface area contributed by atoms with Crippen molar-refractivity contribution in [1.29, 1.82) is 0 Å². The average Bonchev–Trinajstić information content (AvgIpc) is 3.09. The summed E-state index contributed by atoms with van der Waals surface area (Å²) in [5.74, 6) is -1.95. The number of ketones is 3. The van der Waals surface area contributed by atoms with E-state index in [0.717, 1.165) is 12.1 Å². The highest BCUT2D eigenvalue weighted by atomic mass is 19.4. The van der Waals surface area contributed by atoms with Crippen LogP contribution in [0.15, 0.2) is 43.0 Å². The highest BCUT2D eigenvalue weighted by molar-refractivity contribution is 6.24. The molecule has 4 rings (SSSR count). The summed E-state index contributed by atoms with van der Waals surface area (Å²) in [6, 6.07) is 4.12. The number of benzene rings is 2. The van der Waals surface area contributed by atoms with E-state index in [1.54, 1.807) is 0 Å². The molecule has 0 fully saturated rings. The molecular weight excluding hydrogens is 426 g/mol. The van der Waals surface area contributed by atoms with Gasteiger partial charge in [0.15, 0.2) is 17.3 Å². The van der Waals surface area contributed by atoms with Crippen LogP contribution < -0.4 is 0 Å². The van der Waals surface area contributed by atoms with E-state index in [0.29, 0.717) is 24.3 Å². The molecule has 0 saturated heterocycles. The number of halogens is 6. The Morgan fingerprint density at radius 3 is 1.55 bits per heavy atom. The van der Waals surface area contributed by atoms with Crippen molar-refractivity contribution in [1.82, 2.24) is 0 Å². The third-order valence-corrected chi connectivity index (χ3v) is 5.73. The summed E-state index contributed by atoms with van der Waals surface area (Å²) in [4.78, 5) is 35.7. The molecule has 2 aliphatic carbocycles. The van der Waals surface area contributed by atoms with Crippen LogP contribution in [0.3, 0.4) is 0 Å². The Balaban J connectivity index is 2.06. The van der Waals surface area contributed by atoms with Gasteiger partial charge in [0.05, 0.1) is 6.42 Å². The number of carbonyl (C=O) groups excluding carboxylic acids is 3. The Morgan fingerprint density at radius 1 is 0.613 bits per heavy atom. The first kappa shape index (κ1) is 21.0. The third-order valence-electron chi connectivity index (χ3n) is 5.73. The number of hydrogen-bond donors (Lipinski definition) is 0. The highest BCUT2D eigenvalue weighted by Gasteiger charge is 2.72. The molecule has 0 aliphatic heterocycles. The normalized spacial score (nSPS) is 16.7. The van der Waals surface area contributed by atoms with E-state index in [1.165, 1.54) is 0 Å². The van der Waals surface area contributed by atoms with Gasteiger partial charge in [0.1, 0.15) is 0 Å². The van der Waals surface area contributed by atoms with Gasteiger partial charge in [-0.15, -0.1) is 0 Å². The predicted octanol–water partition coefficient (Wildman–Crippen LogP) is 5.47. The number of Topliss-reactive ketones (excluding diaryl/α,β-unsaturated/α-hetero) is 3. The van der Waals surface area contributed by atoms with E-state index in [9.17, 15) is 40.7 Å². The van der Waals surface area contributed by atoms with Crippen LogP contribution in [0.2, 0.25) is 0 Å². The van der Waals surface area contributed by atoms with Crippen LogP contribution in [-0.2, 0) is 5.41 Å². The molecule has 2 aromatic carbocycles. The molecule has 0 N–H and O–H groups in total. The van der Waals surface area contributed by atoms with Crippen LogP contribution in [0.25, 0.3) is 5.57 Å². The van der Waals surface area contributed by atoms with Crippen LogP contribution in [0.4, 0.5) is 26.3 Å². The lowest BCUT2D eigenvalue weighted by molar-refractivity contribution is -0.288. The molecule has 0 unspecified atom stereocenters. The van der Waals surface area contributed by atoms with Gasteiger partial charge in [-0.1, -0.05) is 30.8 Å². The van der Waals surface area contributed by atoms with Crippen molar-refractivity contribution in [3.05, 3.63) is 76.4 Å². The maximum absolute atomic E-state index is 14.3. The molecule has 160 valence electrons. The van der Waals surface area contributed by atoms with Gasteiger partial charge in [-0.3, -0.25) is 14.4 Å². The SMILES string of the molecule is C=C1CC(=O)c2ccc(C(c3ccc4c(c3)C(=O)CC4=O)(C(F)(F)F)C(F)(F)F)cc21.